The Bertz CT molecular complexity index is 1070. The van der Waals surface area contributed by atoms with Crippen LogP contribution < -0.4 is 0 Å². The molecule has 32 heavy (non-hydrogen) atoms. The molecular weight excluding hydrogens is 407 g/mol. The summed E-state index contributed by atoms with van der Waals surface area (Å²) in [5, 5.41) is 4.83. The van der Waals surface area contributed by atoms with Crippen LogP contribution in [0.1, 0.15) is 36.4 Å². The van der Waals surface area contributed by atoms with E-state index in [1.54, 1.807) is 11.0 Å². The highest BCUT2D eigenvalue weighted by molar-refractivity contribution is 5.67. The van der Waals surface area contributed by atoms with Gasteiger partial charge in [-0.2, -0.15) is 5.10 Å². The lowest BCUT2D eigenvalue weighted by molar-refractivity contribution is 0.0950. The molecule has 0 radical (unpaired) electrons. The zero-order chi connectivity index (χ0) is 22.5. The molecule has 168 valence electrons. The summed E-state index contributed by atoms with van der Waals surface area (Å²) in [5.41, 5.74) is 4.69. The van der Waals surface area contributed by atoms with E-state index in [0.717, 1.165) is 48.6 Å². The molecule has 4 rings (SSSR count). The van der Waals surface area contributed by atoms with E-state index in [4.69, 9.17) is 9.84 Å². The Morgan fingerprint density at radius 3 is 2.69 bits per heavy atom. The van der Waals surface area contributed by atoms with Crippen molar-refractivity contribution in [3.63, 3.8) is 0 Å². The minimum Gasteiger partial charge on any atom is -0.445 e. The highest BCUT2D eigenvalue weighted by atomic mass is 19.1. The summed E-state index contributed by atoms with van der Waals surface area (Å²) >= 11 is 0. The van der Waals surface area contributed by atoms with Gasteiger partial charge in [-0.25, -0.2) is 13.9 Å². The first-order valence-corrected chi connectivity index (χ1v) is 11.1. The van der Waals surface area contributed by atoms with E-state index in [1.807, 2.05) is 48.0 Å². The number of fused-ring (bicyclic) bond motifs is 1. The second-order valence-corrected chi connectivity index (χ2v) is 7.94. The van der Waals surface area contributed by atoms with E-state index in [0.29, 0.717) is 18.8 Å². The van der Waals surface area contributed by atoms with Crippen molar-refractivity contribution in [3.05, 3.63) is 82.9 Å². The largest absolute Gasteiger partial charge is 0.445 e. The zero-order valence-electron chi connectivity index (χ0n) is 18.6. The van der Waals surface area contributed by atoms with Crippen LogP contribution in [-0.4, -0.2) is 45.3 Å². The Balaban J connectivity index is 1.58. The molecule has 0 unspecified atom stereocenters. The van der Waals surface area contributed by atoms with Crippen molar-refractivity contribution < 1.29 is 13.9 Å². The minimum atomic E-state index is -0.367. The number of carbonyl (C=O) groups excluding carboxylic acids is 1. The van der Waals surface area contributed by atoms with E-state index in [1.165, 1.54) is 12.1 Å². The Hall–Kier alpha value is -3.19. The number of hydrogen-bond donors (Lipinski definition) is 0. The van der Waals surface area contributed by atoms with E-state index in [2.05, 4.69) is 11.8 Å². The third-order valence-electron chi connectivity index (χ3n) is 5.91. The fourth-order valence-corrected chi connectivity index (χ4v) is 4.06. The van der Waals surface area contributed by atoms with Gasteiger partial charge in [-0.3, -0.25) is 4.90 Å². The summed E-state index contributed by atoms with van der Waals surface area (Å²) in [7, 11) is 0. The van der Waals surface area contributed by atoms with Gasteiger partial charge in [0.2, 0.25) is 0 Å². The average Bonchev–Trinajstić information content (AvgIpc) is 3.19. The first-order valence-electron chi connectivity index (χ1n) is 11.1. The van der Waals surface area contributed by atoms with Gasteiger partial charge >= 0.3 is 6.09 Å². The number of rotatable bonds is 7. The molecule has 7 heteroatoms. The number of hydrogen-bond acceptors (Lipinski definition) is 4. The van der Waals surface area contributed by atoms with Gasteiger partial charge in [0, 0.05) is 31.6 Å². The molecule has 0 fully saturated rings. The van der Waals surface area contributed by atoms with Gasteiger partial charge in [0.25, 0.3) is 0 Å². The van der Waals surface area contributed by atoms with Crippen LogP contribution >= 0.6 is 0 Å². The van der Waals surface area contributed by atoms with Crippen molar-refractivity contribution in [2.75, 3.05) is 19.6 Å². The monoisotopic (exact) mass is 436 g/mol. The average molecular weight is 437 g/mol. The first kappa shape index (κ1) is 22.0. The number of likely N-dealkylation sites (N-methyl/N-ethyl adjacent to an activating group) is 1. The van der Waals surface area contributed by atoms with E-state index >= 15 is 0 Å². The number of benzene rings is 2. The lowest BCUT2D eigenvalue weighted by atomic mass is 10.0. The Kier molecular flexibility index (Phi) is 6.85. The summed E-state index contributed by atoms with van der Waals surface area (Å²) in [5.74, 6) is -0.293. The molecule has 2 aromatic carbocycles. The molecular formula is C25H29FN4O2. The molecule has 1 aliphatic heterocycles. The number of carbonyl (C=O) groups is 1. The van der Waals surface area contributed by atoms with Gasteiger partial charge in [0.1, 0.15) is 12.4 Å². The predicted octanol–water partition coefficient (Wildman–Crippen LogP) is 4.55. The molecule has 6 nitrogen and oxygen atoms in total. The Morgan fingerprint density at radius 1 is 1.16 bits per heavy atom. The van der Waals surface area contributed by atoms with Gasteiger partial charge in [-0.15, -0.1) is 0 Å². The van der Waals surface area contributed by atoms with Gasteiger partial charge in [-0.1, -0.05) is 43.3 Å². The molecule has 3 aromatic rings. The lowest BCUT2D eigenvalue weighted by Crippen LogP contribution is -2.33. The summed E-state index contributed by atoms with van der Waals surface area (Å²) in [4.78, 5) is 16.8. The van der Waals surface area contributed by atoms with Crippen LogP contribution in [0.4, 0.5) is 9.18 Å². The summed E-state index contributed by atoms with van der Waals surface area (Å²) in [6.07, 6.45) is 0.464. The Morgan fingerprint density at radius 2 is 1.97 bits per heavy atom. The zero-order valence-corrected chi connectivity index (χ0v) is 18.6. The maximum absolute atomic E-state index is 13.9. The highest BCUT2D eigenvalue weighted by Gasteiger charge is 2.27. The summed E-state index contributed by atoms with van der Waals surface area (Å²) in [6.45, 7) is 7.81. The molecule has 0 saturated heterocycles. The lowest BCUT2D eigenvalue weighted by Gasteiger charge is -2.27. The van der Waals surface area contributed by atoms with Crippen molar-refractivity contribution in [1.82, 2.24) is 19.6 Å². The van der Waals surface area contributed by atoms with E-state index in [9.17, 15) is 9.18 Å². The van der Waals surface area contributed by atoms with E-state index < -0.39 is 0 Å². The molecule has 1 aliphatic rings. The van der Waals surface area contributed by atoms with Crippen LogP contribution in [0.5, 0.6) is 0 Å². The summed E-state index contributed by atoms with van der Waals surface area (Å²) < 4.78 is 21.3. The number of halogens is 1. The number of amides is 1. The molecule has 0 saturated carbocycles. The normalized spacial score (nSPS) is 13.6. The van der Waals surface area contributed by atoms with Crippen LogP contribution in [-0.2, 0) is 30.9 Å². The van der Waals surface area contributed by atoms with Crippen molar-refractivity contribution in [1.29, 1.82) is 0 Å². The topological polar surface area (TPSA) is 50.6 Å². The van der Waals surface area contributed by atoms with Crippen LogP contribution in [0.2, 0.25) is 0 Å². The third kappa shape index (κ3) is 4.83. The van der Waals surface area contributed by atoms with Crippen LogP contribution in [0.15, 0.2) is 54.6 Å². The molecule has 0 spiro atoms. The van der Waals surface area contributed by atoms with Crippen LogP contribution in [0.3, 0.4) is 0 Å². The molecule has 2 heterocycles. The second kappa shape index (κ2) is 9.96. The van der Waals surface area contributed by atoms with Gasteiger partial charge in [0.05, 0.1) is 23.6 Å². The molecule has 1 aromatic heterocycles. The second-order valence-electron chi connectivity index (χ2n) is 7.94. The maximum atomic E-state index is 13.9. The highest BCUT2D eigenvalue weighted by Crippen LogP contribution is 2.26. The predicted molar refractivity (Wildman–Crippen MR) is 121 cm³/mol. The Labute approximate surface area is 188 Å². The molecule has 0 N–H and O–H groups in total. The van der Waals surface area contributed by atoms with Crippen molar-refractivity contribution in [2.45, 2.75) is 40.0 Å². The van der Waals surface area contributed by atoms with Gasteiger partial charge in [-0.05, 0) is 37.2 Å². The molecule has 0 atom stereocenters. The van der Waals surface area contributed by atoms with Crippen LogP contribution in [0, 0.1) is 5.82 Å². The first-order chi connectivity index (χ1) is 15.6. The number of aromatic nitrogens is 2. The maximum Gasteiger partial charge on any atom is 0.410 e. The molecule has 1 amide bonds. The van der Waals surface area contributed by atoms with Crippen molar-refractivity contribution in [3.8, 4) is 5.69 Å². The van der Waals surface area contributed by atoms with E-state index in [-0.39, 0.29) is 18.5 Å². The smallest absolute Gasteiger partial charge is 0.410 e. The van der Waals surface area contributed by atoms with Gasteiger partial charge in [0.15, 0.2) is 0 Å². The number of ether oxygens (including phenoxy) is 1. The molecule has 0 bridgehead atoms. The standard InChI is InChI=1S/C25H29FN4O2/c1-3-28-14-13-24-22(16-28)23(27-30(24)21-12-8-11-20(26)15-21)17-29(4-2)25(31)32-18-19-9-6-5-7-10-19/h5-12,15H,3-4,13-14,16-18H2,1-2H3. The third-order valence-corrected chi connectivity index (χ3v) is 5.91. The summed E-state index contributed by atoms with van der Waals surface area (Å²) in [6, 6.07) is 16.1. The minimum absolute atomic E-state index is 0.232. The fourth-order valence-electron chi connectivity index (χ4n) is 4.06. The quantitative estimate of drug-likeness (QED) is 0.545. The molecule has 0 aliphatic carbocycles. The van der Waals surface area contributed by atoms with Crippen molar-refractivity contribution in [2.24, 2.45) is 0 Å². The fraction of sp³-hybridized carbons (Fsp3) is 0.360. The van der Waals surface area contributed by atoms with Gasteiger partial charge < -0.3 is 9.64 Å². The number of nitrogens with zero attached hydrogens (tertiary/aromatic N) is 4. The van der Waals surface area contributed by atoms with Crippen molar-refractivity contribution >= 4 is 6.09 Å². The SMILES string of the molecule is CCN1CCc2c(c(CN(CC)C(=O)OCc3ccccc3)nn2-c2cccc(F)c2)C1. The van der Waals surface area contributed by atoms with Crippen LogP contribution in [0.25, 0.3) is 5.69 Å².